The summed E-state index contributed by atoms with van der Waals surface area (Å²) in [6.45, 7) is 1.87. The highest BCUT2D eigenvalue weighted by Crippen LogP contribution is 2.28. The van der Waals surface area contributed by atoms with Crippen molar-refractivity contribution < 1.29 is 4.39 Å². The van der Waals surface area contributed by atoms with Crippen LogP contribution in [0.1, 0.15) is 25.1 Å². The van der Waals surface area contributed by atoms with Crippen LogP contribution in [-0.2, 0) is 0 Å². The number of hydrogen-bond acceptors (Lipinski definition) is 0. The Kier molecular flexibility index (Phi) is 2.49. The molecule has 72 valence electrons. The Morgan fingerprint density at radius 3 is 2.57 bits per heavy atom. The molecule has 0 bridgehead atoms. The summed E-state index contributed by atoms with van der Waals surface area (Å²) in [4.78, 5) is 0. The smallest absolute Gasteiger partial charge is 0.125 e. The topological polar surface area (TPSA) is 0 Å². The van der Waals surface area contributed by atoms with Crippen molar-refractivity contribution in [1.82, 2.24) is 0 Å². The number of rotatable bonds is 2. The second kappa shape index (κ2) is 3.79. The molecule has 1 heteroatoms. The van der Waals surface area contributed by atoms with Crippen LogP contribution in [-0.4, -0.2) is 0 Å². The van der Waals surface area contributed by atoms with Crippen molar-refractivity contribution >= 4 is 10.8 Å². The quantitative estimate of drug-likeness (QED) is 0.660. The first-order valence-corrected chi connectivity index (χ1v) is 4.94. The monoisotopic (exact) mass is 188 g/mol. The maximum absolute atomic E-state index is 13.6. The van der Waals surface area contributed by atoms with Gasteiger partial charge in [-0.1, -0.05) is 49.4 Å². The summed E-state index contributed by atoms with van der Waals surface area (Å²) < 4.78 is 13.6. The van der Waals surface area contributed by atoms with E-state index in [-0.39, 0.29) is 0 Å². The minimum absolute atomic E-state index is 0.536. The van der Waals surface area contributed by atoms with E-state index in [1.807, 2.05) is 49.4 Å². The molecule has 2 aromatic carbocycles. The zero-order valence-electron chi connectivity index (χ0n) is 8.20. The average Bonchev–Trinajstić information content (AvgIpc) is 2.27. The van der Waals surface area contributed by atoms with Crippen LogP contribution in [0.2, 0.25) is 0 Å². The van der Waals surface area contributed by atoms with E-state index in [1.54, 1.807) is 0 Å². The molecule has 0 aliphatic rings. The lowest BCUT2D eigenvalue weighted by atomic mass is 10.0. The van der Waals surface area contributed by atoms with Gasteiger partial charge in [0.1, 0.15) is 6.17 Å². The van der Waals surface area contributed by atoms with Crippen LogP contribution < -0.4 is 0 Å². The van der Waals surface area contributed by atoms with Crippen molar-refractivity contribution in [3.05, 3.63) is 48.0 Å². The lowest BCUT2D eigenvalue weighted by Crippen LogP contribution is -1.90. The predicted octanol–water partition coefficient (Wildman–Crippen LogP) is 4.26. The van der Waals surface area contributed by atoms with Crippen LogP contribution in [0.4, 0.5) is 4.39 Å². The van der Waals surface area contributed by atoms with Gasteiger partial charge in [0, 0.05) is 0 Å². The van der Waals surface area contributed by atoms with Gasteiger partial charge in [-0.2, -0.15) is 0 Å². The van der Waals surface area contributed by atoms with E-state index in [0.29, 0.717) is 6.42 Å². The van der Waals surface area contributed by atoms with Crippen molar-refractivity contribution in [3.8, 4) is 0 Å². The summed E-state index contributed by atoms with van der Waals surface area (Å²) >= 11 is 0. The Morgan fingerprint density at radius 2 is 1.79 bits per heavy atom. The first-order chi connectivity index (χ1) is 6.83. The van der Waals surface area contributed by atoms with E-state index in [4.69, 9.17) is 0 Å². The molecule has 0 nitrogen and oxygen atoms in total. The summed E-state index contributed by atoms with van der Waals surface area (Å²) in [6, 6.07) is 13.7. The highest BCUT2D eigenvalue weighted by Gasteiger charge is 2.09. The molecule has 0 N–H and O–H groups in total. The summed E-state index contributed by atoms with van der Waals surface area (Å²) in [6.07, 6.45) is -0.310. The summed E-state index contributed by atoms with van der Waals surface area (Å²) in [5, 5.41) is 2.14. The molecule has 0 saturated heterocycles. The lowest BCUT2D eigenvalue weighted by molar-refractivity contribution is 0.337. The number of fused-ring (bicyclic) bond motifs is 1. The Labute approximate surface area is 83.4 Å². The predicted molar refractivity (Wildman–Crippen MR) is 58.1 cm³/mol. The van der Waals surface area contributed by atoms with Gasteiger partial charge >= 0.3 is 0 Å². The molecule has 14 heavy (non-hydrogen) atoms. The zero-order chi connectivity index (χ0) is 9.97. The summed E-state index contributed by atoms with van der Waals surface area (Å²) in [5.41, 5.74) is 0.811. The number of benzene rings is 2. The van der Waals surface area contributed by atoms with Crippen LogP contribution in [0.15, 0.2) is 42.5 Å². The van der Waals surface area contributed by atoms with Crippen LogP contribution in [0, 0.1) is 0 Å². The molecule has 0 saturated carbocycles. The molecule has 0 aliphatic carbocycles. The molecular weight excluding hydrogens is 175 g/mol. The highest BCUT2D eigenvalue weighted by atomic mass is 19.1. The van der Waals surface area contributed by atoms with Gasteiger partial charge in [0.2, 0.25) is 0 Å². The van der Waals surface area contributed by atoms with Crippen LogP contribution >= 0.6 is 0 Å². The molecule has 0 fully saturated rings. The van der Waals surface area contributed by atoms with E-state index in [1.165, 1.54) is 0 Å². The molecule has 0 radical (unpaired) electrons. The zero-order valence-corrected chi connectivity index (χ0v) is 8.20. The third kappa shape index (κ3) is 1.50. The third-order valence-electron chi connectivity index (χ3n) is 2.52. The van der Waals surface area contributed by atoms with Gasteiger partial charge in [-0.05, 0) is 22.8 Å². The van der Waals surface area contributed by atoms with Crippen LogP contribution in [0.3, 0.4) is 0 Å². The van der Waals surface area contributed by atoms with Crippen LogP contribution in [0.25, 0.3) is 10.8 Å². The van der Waals surface area contributed by atoms with Gasteiger partial charge in [-0.3, -0.25) is 0 Å². The summed E-state index contributed by atoms with van der Waals surface area (Å²) in [7, 11) is 0. The minimum atomic E-state index is -0.846. The van der Waals surface area contributed by atoms with E-state index in [0.717, 1.165) is 16.3 Å². The largest absolute Gasteiger partial charge is 0.242 e. The van der Waals surface area contributed by atoms with Gasteiger partial charge < -0.3 is 0 Å². The Hall–Kier alpha value is -1.37. The normalized spacial score (nSPS) is 13.0. The first-order valence-electron chi connectivity index (χ1n) is 4.94. The van der Waals surface area contributed by atoms with E-state index < -0.39 is 6.17 Å². The highest BCUT2D eigenvalue weighted by molar-refractivity contribution is 5.85. The number of alkyl halides is 1. The Morgan fingerprint density at radius 1 is 1.07 bits per heavy atom. The molecule has 0 amide bonds. The van der Waals surface area contributed by atoms with Crippen molar-refractivity contribution in [2.45, 2.75) is 19.5 Å². The number of halogens is 1. The van der Waals surface area contributed by atoms with Gasteiger partial charge in [0.05, 0.1) is 0 Å². The van der Waals surface area contributed by atoms with E-state index in [9.17, 15) is 4.39 Å². The van der Waals surface area contributed by atoms with Crippen molar-refractivity contribution in [2.75, 3.05) is 0 Å². The van der Waals surface area contributed by atoms with Crippen LogP contribution in [0.5, 0.6) is 0 Å². The standard InChI is InChI=1S/C13H13F/c1-2-13(14)12-9-5-7-10-6-3-4-8-11(10)12/h3-9,13H,2H2,1H3. The molecule has 2 aromatic rings. The summed E-state index contributed by atoms with van der Waals surface area (Å²) in [5.74, 6) is 0. The SMILES string of the molecule is CCC(F)c1cccc2ccccc12. The maximum Gasteiger partial charge on any atom is 0.125 e. The van der Waals surface area contributed by atoms with Gasteiger partial charge in [-0.25, -0.2) is 4.39 Å². The van der Waals surface area contributed by atoms with Gasteiger partial charge in [0.15, 0.2) is 0 Å². The lowest BCUT2D eigenvalue weighted by Gasteiger charge is -2.09. The second-order valence-electron chi connectivity index (χ2n) is 3.44. The molecule has 0 heterocycles. The van der Waals surface area contributed by atoms with E-state index >= 15 is 0 Å². The molecule has 1 atom stereocenters. The minimum Gasteiger partial charge on any atom is -0.242 e. The maximum atomic E-state index is 13.6. The van der Waals surface area contributed by atoms with Crippen molar-refractivity contribution in [3.63, 3.8) is 0 Å². The van der Waals surface area contributed by atoms with Gasteiger partial charge in [-0.15, -0.1) is 0 Å². The third-order valence-corrected chi connectivity index (χ3v) is 2.52. The van der Waals surface area contributed by atoms with Crippen molar-refractivity contribution in [2.24, 2.45) is 0 Å². The average molecular weight is 188 g/mol. The molecule has 1 unspecified atom stereocenters. The Balaban J connectivity index is 2.65. The molecular formula is C13H13F. The first kappa shape index (κ1) is 9.20. The fourth-order valence-electron chi connectivity index (χ4n) is 1.74. The fraction of sp³-hybridized carbons (Fsp3) is 0.231. The molecule has 0 aromatic heterocycles. The second-order valence-corrected chi connectivity index (χ2v) is 3.44. The molecule has 0 spiro atoms. The Bertz CT molecular complexity index is 429. The van der Waals surface area contributed by atoms with E-state index in [2.05, 4.69) is 0 Å². The number of hydrogen-bond donors (Lipinski definition) is 0. The van der Waals surface area contributed by atoms with Gasteiger partial charge in [0.25, 0.3) is 0 Å². The fourth-order valence-corrected chi connectivity index (χ4v) is 1.74. The molecule has 2 rings (SSSR count). The van der Waals surface area contributed by atoms with Crippen molar-refractivity contribution in [1.29, 1.82) is 0 Å². The molecule has 0 aliphatic heterocycles.